The van der Waals surface area contributed by atoms with Crippen LogP contribution in [-0.4, -0.2) is 40.5 Å². The molecule has 1 aromatic carbocycles. The van der Waals surface area contributed by atoms with Crippen molar-refractivity contribution < 1.29 is 13.2 Å². The maximum absolute atomic E-state index is 12.1. The monoisotopic (exact) mass is 349 g/mol. The van der Waals surface area contributed by atoms with Crippen LogP contribution in [0.2, 0.25) is 0 Å². The van der Waals surface area contributed by atoms with Gasteiger partial charge in [0.25, 0.3) is 5.91 Å². The van der Waals surface area contributed by atoms with Crippen LogP contribution in [0.15, 0.2) is 29.2 Å². The zero-order valence-electron chi connectivity index (χ0n) is 13.0. The molecule has 0 aliphatic rings. The Hall–Kier alpha value is -1.15. The van der Waals surface area contributed by atoms with Gasteiger partial charge in [-0.15, -0.1) is 12.4 Å². The molecule has 0 radical (unpaired) electrons. The van der Waals surface area contributed by atoms with Gasteiger partial charge in [-0.3, -0.25) is 4.79 Å². The van der Waals surface area contributed by atoms with Crippen molar-refractivity contribution in [3.05, 3.63) is 29.8 Å². The summed E-state index contributed by atoms with van der Waals surface area (Å²) in [7, 11) is -1.72. The Labute approximate surface area is 138 Å². The molecule has 1 amide bonds. The summed E-state index contributed by atoms with van der Waals surface area (Å²) in [6.45, 7) is 4.91. The molecule has 1 aromatic rings. The molecule has 0 aliphatic heterocycles. The van der Waals surface area contributed by atoms with E-state index in [1.54, 1.807) is 14.0 Å². The molecule has 1 unspecified atom stereocenters. The summed E-state index contributed by atoms with van der Waals surface area (Å²) in [6, 6.07) is 5.79. The van der Waals surface area contributed by atoms with Crippen LogP contribution in [0.25, 0.3) is 0 Å². The largest absolute Gasteiger partial charge is 0.351 e. The van der Waals surface area contributed by atoms with Gasteiger partial charge in [0.05, 0.1) is 4.90 Å². The van der Waals surface area contributed by atoms with Gasteiger partial charge in [-0.2, -0.15) is 0 Å². The van der Waals surface area contributed by atoms with E-state index in [1.807, 2.05) is 6.92 Å². The molecule has 0 saturated carbocycles. The summed E-state index contributed by atoms with van der Waals surface area (Å²) in [5.74, 6) is -0.218. The predicted molar refractivity (Wildman–Crippen MR) is 90.0 cm³/mol. The number of carbonyl (C=O) groups excluding carboxylic acids is 1. The molecule has 6 nitrogen and oxygen atoms in total. The molecular weight excluding hydrogens is 326 g/mol. The third-order valence-corrected chi connectivity index (χ3v) is 4.66. The summed E-state index contributed by atoms with van der Waals surface area (Å²) < 4.78 is 26.7. The number of carbonyl (C=O) groups is 1. The lowest BCUT2D eigenvalue weighted by atomic mass is 10.2. The van der Waals surface area contributed by atoms with Gasteiger partial charge < -0.3 is 10.6 Å². The Morgan fingerprint density at radius 2 is 1.77 bits per heavy atom. The maximum atomic E-state index is 12.1. The number of halogens is 1. The van der Waals surface area contributed by atoms with Gasteiger partial charge >= 0.3 is 0 Å². The average molecular weight is 350 g/mol. The second-order valence-electron chi connectivity index (χ2n) is 4.81. The minimum atomic E-state index is -3.53. The number of rotatable bonds is 8. The highest BCUT2D eigenvalue weighted by molar-refractivity contribution is 7.89. The fourth-order valence-electron chi connectivity index (χ4n) is 1.60. The van der Waals surface area contributed by atoms with Crippen molar-refractivity contribution in [2.45, 2.75) is 31.2 Å². The van der Waals surface area contributed by atoms with E-state index in [-0.39, 0.29) is 29.3 Å². The molecule has 0 saturated heterocycles. The van der Waals surface area contributed by atoms with Gasteiger partial charge in [0, 0.05) is 24.7 Å². The topological polar surface area (TPSA) is 87.3 Å². The Balaban J connectivity index is 0.00000441. The summed E-state index contributed by atoms with van der Waals surface area (Å²) >= 11 is 0. The number of likely N-dealkylation sites (N-methyl/N-ethyl adjacent to an activating group) is 1. The van der Waals surface area contributed by atoms with Gasteiger partial charge in [0.2, 0.25) is 10.0 Å². The SMILES string of the molecule is CCC(C)NS(=O)(=O)c1ccc(C(=O)NCCNC)cc1.Cl. The first kappa shape index (κ1) is 20.9. The van der Waals surface area contributed by atoms with Gasteiger partial charge in [-0.25, -0.2) is 13.1 Å². The van der Waals surface area contributed by atoms with E-state index in [0.717, 1.165) is 0 Å². The standard InChI is InChI=1S/C14H23N3O3S.ClH/c1-4-11(2)17-21(19,20)13-7-5-12(6-8-13)14(18)16-10-9-15-3;/h5-8,11,15,17H,4,9-10H2,1-3H3,(H,16,18);1H. The summed E-state index contributed by atoms with van der Waals surface area (Å²) in [5.41, 5.74) is 0.439. The van der Waals surface area contributed by atoms with Crippen molar-refractivity contribution in [2.24, 2.45) is 0 Å². The summed E-state index contributed by atoms with van der Waals surface area (Å²) in [4.78, 5) is 12.0. The highest BCUT2D eigenvalue weighted by Crippen LogP contribution is 2.11. The van der Waals surface area contributed by atoms with Crippen molar-refractivity contribution in [2.75, 3.05) is 20.1 Å². The molecule has 1 rings (SSSR count). The number of benzene rings is 1. The molecule has 0 aromatic heterocycles. The Kier molecular flexibility index (Phi) is 9.27. The van der Waals surface area contributed by atoms with E-state index < -0.39 is 10.0 Å². The lowest BCUT2D eigenvalue weighted by Gasteiger charge is -2.12. The third kappa shape index (κ3) is 6.31. The molecule has 0 bridgehead atoms. The van der Waals surface area contributed by atoms with Gasteiger partial charge in [0.15, 0.2) is 0 Å². The first-order valence-electron chi connectivity index (χ1n) is 6.96. The first-order chi connectivity index (χ1) is 9.90. The van der Waals surface area contributed by atoms with Gasteiger partial charge in [-0.1, -0.05) is 6.92 Å². The van der Waals surface area contributed by atoms with Crippen LogP contribution in [0.3, 0.4) is 0 Å². The molecule has 22 heavy (non-hydrogen) atoms. The van der Waals surface area contributed by atoms with Crippen LogP contribution < -0.4 is 15.4 Å². The molecule has 0 heterocycles. The van der Waals surface area contributed by atoms with E-state index in [9.17, 15) is 13.2 Å². The van der Waals surface area contributed by atoms with Crippen LogP contribution in [-0.2, 0) is 10.0 Å². The molecule has 0 fully saturated rings. The molecule has 1 atom stereocenters. The Bertz CT molecular complexity index is 561. The molecule has 3 N–H and O–H groups in total. The molecule has 0 aliphatic carbocycles. The average Bonchev–Trinajstić information content (AvgIpc) is 2.47. The van der Waals surface area contributed by atoms with Crippen LogP contribution in [0.5, 0.6) is 0 Å². The highest BCUT2D eigenvalue weighted by atomic mass is 35.5. The number of nitrogens with one attached hydrogen (secondary N) is 3. The molecular formula is C14H24ClN3O3S. The smallest absolute Gasteiger partial charge is 0.251 e. The minimum absolute atomic E-state index is 0. The fraction of sp³-hybridized carbons (Fsp3) is 0.500. The number of hydrogen-bond donors (Lipinski definition) is 3. The third-order valence-electron chi connectivity index (χ3n) is 3.06. The van der Waals surface area contributed by atoms with Gasteiger partial charge in [0.1, 0.15) is 0 Å². The van der Waals surface area contributed by atoms with Crippen LogP contribution in [0.4, 0.5) is 0 Å². The second kappa shape index (κ2) is 9.78. The van der Waals surface area contributed by atoms with E-state index >= 15 is 0 Å². The number of hydrogen-bond acceptors (Lipinski definition) is 4. The van der Waals surface area contributed by atoms with E-state index in [1.165, 1.54) is 24.3 Å². The van der Waals surface area contributed by atoms with Crippen LogP contribution in [0.1, 0.15) is 30.6 Å². The fourth-order valence-corrected chi connectivity index (χ4v) is 2.93. The zero-order chi connectivity index (χ0) is 15.9. The number of sulfonamides is 1. The van der Waals surface area contributed by atoms with Crippen molar-refractivity contribution in [3.63, 3.8) is 0 Å². The summed E-state index contributed by atoms with van der Waals surface area (Å²) in [6.07, 6.45) is 0.713. The van der Waals surface area contributed by atoms with Crippen molar-refractivity contribution in [3.8, 4) is 0 Å². The maximum Gasteiger partial charge on any atom is 0.251 e. The highest BCUT2D eigenvalue weighted by Gasteiger charge is 2.16. The van der Waals surface area contributed by atoms with Crippen molar-refractivity contribution in [1.29, 1.82) is 0 Å². The predicted octanol–water partition coefficient (Wildman–Crippen LogP) is 1.13. The summed E-state index contributed by atoms with van der Waals surface area (Å²) in [5, 5.41) is 5.66. The second-order valence-corrected chi connectivity index (χ2v) is 6.53. The quantitative estimate of drug-likeness (QED) is 0.614. The number of amides is 1. The lowest BCUT2D eigenvalue weighted by molar-refractivity contribution is 0.0954. The van der Waals surface area contributed by atoms with E-state index in [0.29, 0.717) is 25.1 Å². The Morgan fingerprint density at radius 1 is 1.18 bits per heavy atom. The van der Waals surface area contributed by atoms with E-state index in [2.05, 4.69) is 15.4 Å². The molecule has 126 valence electrons. The molecule has 0 spiro atoms. The molecule has 8 heteroatoms. The van der Waals surface area contributed by atoms with Crippen molar-refractivity contribution >= 4 is 28.3 Å². The zero-order valence-corrected chi connectivity index (χ0v) is 14.7. The Morgan fingerprint density at radius 3 is 2.27 bits per heavy atom. The van der Waals surface area contributed by atoms with E-state index in [4.69, 9.17) is 0 Å². The minimum Gasteiger partial charge on any atom is -0.351 e. The van der Waals surface area contributed by atoms with Crippen LogP contribution >= 0.6 is 12.4 Å². The van der Waals surface area contributed by atoms with Gasteiger partial charge in [-0.05, 0) is 44.7 Å². The van der Waals surface area contributed by atoms with Crippen LogP contribution in [0, 0.1) is 0 Å². The first-order valence-corrected chi connectivity index (χ1v) is 8.44. The van der Waals surface area contributed by atoms with Crippen molar-refractivity contribution in [1.82, 2.24) is 15.4 Å². The lowest BCUT2D eigenvalue weighted by Crippen LogP contribution is -2.32. The normalized spacial score (nSPS) is 12.3.